The summed E-state index contributed by atoms with van der Waals surface area (Å²) in [5.41, 5.74) is 1.96. The number of hydrogen-bond donors (Lipinski definition) is 1. The van der Waals surface area contributed by atoms with Gasteiger partial charge in [-0.25, -0.2) is 15.0 Å². The second-order valence-corrected chi connectivity index (χ2v) is 6.62. The number of imidazole rings is 1. The largest absolute Gasteiger partial charge is 0.419 e. The monoisotopic (exact) mass is 369 g/mol. The Morgan fingerprint density at radius 1 is 1.19 bits per heavy atom. The van der Waals surface area contributed by atoms with Crippen molar-refractivity contribution in [2.45, 2.75) is 17.2 Å². The number of H-pyrrole nitrogens is 1. The lowest BCUT2D eigenvalue weighted by atomic mass is 10.2. The van der Waals surface area contributed by atoms with Crippen LogP contribution in [0.25, 0.3) is 22.6 Å². The minimum Gasteiger partial charge on any atom is -0.419 e. The first-order chi connectivity index (χ1) is 12.6. The number of aromatic amines is 1. The van der Waals surface area contributed by atoms with E-state index in [1.807, 2.05) is 6.92 Å². The van der Waals surface area contributed by atoms with Crippen molar-refractivity contribution in [3.8, 4) is 11.5 Å². The van der Waals surface area contributed by atoms with E-state index in [1.54, 1.807) is 18.5 Å². The van der Waals surface area contributed by atoms with E-state index in [0.29, 0.717) is 23.0 Å². The van der Waals surface area contributed by atoms with Crippen molar-refractivity contribution in [3.05, 3.63) is 52.9 Å². The molecule has 4 aromatic rings. The number of non-ortho nitro benzene ring substituents is 1. The van der Waals surface area contributed by atoms with Crippen LogP contribution in [0.15, 0.2) is 46.4 Å². The smallest absolute Gasteiger partial charge is 0.269 e. The fraction of sp³-hybridized carbons (Fsp3) is 0.133. The van der Waals surface area contributed by atoms with E-state index in [0.717, 1.165) is 10.5 Å². The molecule has 0 fully saturated rings. The lowest BCUT2D eigenvalue weighted by Crippen LogP contribution is -1.92. The van der Waals surface area contributed by atoms with E-state index in [-0.39, 0.29) is 10.9 Å². The van der Waals surface area contributed by atoms with Crippen LogP contribution in [0.2, 0.25) is 0 Å². The highest BCUT2D eigenvalue weighted by Crippen LogP contribution is 2.36. The van der Waals surface area contributed by atoms with Crippen LogP contribution < -0.4 is 0 Å². The molecule has 0 aliphatic carbocycles. The van der Waals surface area contributed by atoms with Crippen molar-refractivity contribution in [2.24, 2.45) is 0 Å². The molecule has 0 bridgehead atoms. The fourth-order valence-corrected chi connectivity index (χ4v) is 3.20. The van der Waals surface area contributed by atoms with Gasteiger partial charge >= 0.3 is 0 Å². The zero-order valence-electron chi connectivity index (χ0n) is 13.4. The lowest BCUT2D eigenvalue weighted by Gasteiger charge is -2.05. The van der Waals surface area contributed by atoms with Crippen LogP contribution in [0, 0.1) is 10.1 Å². The van der Waals surface area contributed by atoms with Crippen LogP contribution in [-0.2, 0) is 0 Å². The molecule has 0 amide bonds. The number of thioether (sulfide) groups is 1. The van der Waals surface area contributed by atoms with Crippen LogP contribution in [0.5, 0.6) is 0 Å². The van der Waals surface area contributed by atoms with Gasteiger partial charge in [0.25, 0.3) is 5.69 Å². The number of nitrogens with zero attached hydrogens (tertiary/aromatic N) is 6. The Bertz CT molecular complexity index is 1080. The predicted octanol–water partition coefficient (Wildman–Crippen LogP) is 3.16. The number of nitrogens with one attached hydrogen (secondary N) is 1. The summed E-state index contributed by atoms with van der Waals surface area (Å²) in [4.78, 5) is 25.7. The first-order valence-electron chi connectivity index (χ1n) is 7.51. The van der Waals surface area contributed by atoms with Gasteiger partial charge in [-0.05, 0) is 19.1 Å². The van der Waals surface area contributed by atoms with Gasteiger partial charge in [-0.15, -0.1) is 10.2 Å². The van der Waals surface area contributed by atoms with Gasteiger partial charge < -0.3 is 9.40 Å². The molecule has 10 nitrogen and oxygen atoms in total. The zero-order chi connectivity index (χ0) is 18.1. The Kier molecular flexibility index (Phi) is 4.05. The van der Waals surface area contributed by atoms with E-state index >= 15 is 0 Å². The number of nitro groups is 1. The zero-order valence-corrected chi connectivity index (χ0v) is 14.2. The number of hydrogen-bond acceptors (Lipinski definition) is 9. The third kappa shape index (κ3) is 2.99. The molecule has 0 radical (unpaired) electrons. The highest BCUT2D eigenvalue weighted by molar-refractivity contribution is 7.99. The standard InChI is InChI=1S/C15H11N7O3S/c1-8(26-15-11-12(17-6-16-11)18-7-19-15)13-20-21-14(25-13)9-2-4-10(5-3-9)22(23)24/h2-8H,1H3,(H,16,17,18,19). The van der Waals surface area contributed by atoms with Crippen molar-refractivity contribution in [2.75, 3.05) is 0 Å². The third-order valence-electron chi connectivity index (χ3n) is 3.59. The summed E-state index contributed by atoms with van der Waals surface area (Å²) in [6.45, 7) is 1.92. The van der Waals surface area contributed by atoms with Gasteiger partial charge in [0, 0.05) is 17.7 Å². The van der Waals surface area contributed by atoms with Crippen LogP contribution in [-0.4, -0.2) is 35.1 Å². The maximum Gasteiger partial charge on any atom is 0.269 e. The molecule has 1 atom stereocenters. The number of rotatable bonds is 5. The molecule has 1 aromatic carbocycles. The van der Waals surface area contributed by atoms with Crippen molar-refractivity contribution in [1.82, 2.24) is 30.1 Å². The number of nitro benzene ring substituents is 1. The van der Waals surface area contributed by atoms with Crippen molar-refractivity contribution >= 4 is 28.6 Å². The van der Waals surface area contributed by atoms with E-state index < -0.39 is 4.92 Å². The molecule has 1 N–H and O–H groups in total. The summed E-state index contributed by atoms with van der Waals surface area (Å²) in [6, 6.07) is 5.94. The molecular formula is C15H11N7O3S. The molecule has 0 saturated heterocycles. The average Bonchev–Trinajstić information content (AvgIpc) is 3.32. The summed E-state index contributed by atoms with van der Waals surface area (Å²) in [5, 5.41) is 19.4. The maximum absolute atomic E-state index is 10.7. The van der Waals surface area contributed by atoms with Gasteiger partial charge in [0.15, 0.2) is 5.65 Å². The molecule has 130 valence electrons. The summed E-state index contributed by atoms with van der Waals surface area (Å²) < 4.78 is 5.72. The molecule has 11 heteroatoms. The number of benzene rings is 1. The van der Waals surface area contributed by atoms with Gasteiger partial charge in [0.1, 0.15) is 16.9 Å². The Morgan fingerprint density at radius 3 is 2.77 bits per heavy atom. The van der Waals surface area contributed by atoms with Gasteiger partial charge in [0.05, 0.1) is 16.5 Å². The molecule has 0 saturated carbocycles. The summed E-state index contributed by atoms with van der Waals surface area (Å²) in [6.07, 6.45) is 3.02. The predicted molar refractivity (Wildman–Crippen MR) is 92.3 cm³/mol. The topological polar surface area (TPSA) is 137 Å². The third-order valence-corrected chi connectivity index (χ3v) is 4.68. The fourth-order valence-electron chi connectivity index (χ4n) is 2.29. The number of fused-ring (bicyclic) bond motifs is 1. The van der Waals surface area contributed by atoms with Gasteiger partial charge in [-0.3, -0.25) is 10.1 Å². The maximum atomic E-state index is 10.7. The number of aromatic nitrogens is 6. The highest BCUT2D eigenvalue weighted by atomic mass is 32.2. The molecule has 0 aliphatic heterocycles. The lowest BCUT2D eigenvalue weighted by molar-refractivity contribution is -0.384. The second kappa shape index (κ2) is 6.52. The minimum absolute atomic E-state index is 0.00440. The minimum atomic E-state index is -0.459. The van der Waals surface area contributed by atoms with Crippen LogP contribution >= 0.6 is 11.8 Å². The Balaban J connectivity index is 1.55. The SMILES string of the molecule is CC(Sc1ncnc2nc[nH]c12)c1nnc(-c2ccc([N+](=O)[O-])cc2)o1. The van der Waals surface area contributed by atoms with E-state index in [2.05, 4.69) is 30.1 Å². The van der Waals surface area contributed by atoms with Gasteiger partial charge in [-0.1, -0.05) is 11.8 Å². The van der Waals surface area contributed by atoms with Crippen LogP contribution in [0.4, 0.5) is 5.69 Å². The summed E-state index contributed by atoms with van der Waals surface area (Å²) >= 11 is 1.44. The summed E-state index contributed by atoms with van der Waals surface area (Å²) in [7, 11) is 0. The van der Waals surface area contributed by atoms with Gasteiger partial charge in [-0.2, -0.15) is 0 Å². The first-order valence-corrected chi connectivity index (χ1v) is 8.39. The highest BCUT2D eigenvalue weighted by Gasteiger charge is 2.19. The van der Waals surface area contributed by atoms with Crippen molar-refractivity contribution in [1.29, 1.82) is 0 Å². The normalized spacial score (nSPS) is 12.3. The molecule has 4 rings (SSSR count). The van der Waals surface area contributed by atoms with Crippen molar-refractivity contribution < 1.29 is 9.34 Å². The molecule has 3 heterocycles. The van der Waals surface area contributed by atoms with E-state index in [4.69, 9.17) is 4.42 Å². The Hall–Kier alpha value is -3.34. The van der Waals surface area contributed by atoms with Crippen LogP contribution in [0.3, 0.4) is 0 Å². The Morgan fingerprint density at radius 2 is 2.00 bits per heavy atom. The molecule has 0 spiro atoms. The van der Waals surface area contributed by atoms with E-state index in [9.17, 15) is 10.1 Å². The molecule has 1 unspecified atom stereocenters. The molecule has 0 aliphatic rings. The van der Waals surface area contributed by atoms with Crippen LogP contribution in [0.1, 0.15) is 18.1 Å². The van der Waals surface area contributed by atoms with E-state index in [1.165, 1.54) is 30.2 Å². The molecule has 26 heavy (non-hydrogen) atoms. The summed E-state index contributed by atoms with van der Waals surface area (Å²) in [5.74, 6) is 0.728. The second-order valence-electron chi connectivity index (χ2n) is 5.29. The first kappa shape index (κ1) is 16.1. The Labute approximate surface area is 150 Å². The average molecular weight is 369 g/mol. The van der Waals surface area contributed by atoms with Gasteiger partial charge in [0.2, 0.25) is 11.8 Å². The van der Waals surface area contributed by atoms with Crippen molar-refractivity contribution in [3.63, 3.8) is 0 Å². The molecular weight excluding hydrogens is 358 g/mol. The quantitative estimate of drug-likeness (QED) is 0.243. The molecule has 3 aromatic heterocycles.